The van der Waals surface area contributed by atoms with E-state index in [-0.39, 0.29) is 6.04 Å². The molecular weight excluding hydrogens is 282 g/mol. The van der Waals surface area contributed by atoms with Crippen LogP contribution in [0.1, 0.15) is 12.5 Å². The van der Waals surface area contributed by atoms with Crippen molar-refractivity contribution in [2.45, 2.75) is 19.5 Å². The number of thiocarbonyl (C=S) groups is 1. The second-order valence-corrected chi connectivity index (χ2v) is 5.94. The Morgan fingerprint density at radius 2 is 1.90 bits per heavy atom. The summed E-state index contributed by atoms with van der Waals surface area (Å²) in [6.07, 6.45) is 0. The van der Waals surface area contributed by atoms with Gasteiger partial charge in [-0.3, -0.25) is 4.90 Å². The van der Waals surface area contributed by atoms with Crippen LogP contribution in [0.5, 0.6) is 0 Å². The second-order valence-electron chi connectivity index (χ2n) is 5.55. The highest BCUT2D eigenvalue weighted by Gasteiger charge is 2.19. The van der Waals surface area contributed by atoms with Crippen molar-refractivity contribution in [2.24, 2.45) is 0 Å². The normalized spacial score (nSPS) is 17.5. The molecule has 0 spiro atoms. The van der Waals surface area contributed by atoms with E-state index in [1.165, 1.54) is 5.56 Å². The number of ether oxygens (including phenoxy) is 1. The van der Waals surface area contributed by atoms with E-state index in [0.29, 0.717) is 6.61 Å². The quantitative estimate of drug-likeness (QED) is 0.836. The standard InChI is InChI=1S/C16H25N3OS/c1-14(13-20-2)17-16(21)19-10-8-18(9-11-19)12-15-6-4-3-5-7-15/h3-7,14H,8-13H2,1-2H3,(H,17,21). The summed E-state index contributed by atoms with van der Waals surface area (Å²) in [5.41, 5.74) is 1.38. The predicted molar refractivity (Wildman–Crippen MR) is 90.4 cm³/mol. The lowest BCUT2D eigenvalue weighted by Crippen LogP contribution is -2.53. The minimum absolute atomic E-state index is 0.254. The molecule has 0 amide bonds. The van der Waals surface area contributed by atoms with E-state index in [1.807, 2.05) is 0 Å². The van der Waals surface area contributed by atoms with Gasteiger partial charge in [-0.25, -0.2) is 0 Å². The SMILES string of the molecule is COCC(C)NC(=S)N1CCN(Cc2ccccc2)CC1. The lowest BCUT2D eigenvalue weighted by molar-refractivity contribution is 0.164. The van der Waals surface area contributed by atoms with Crippen molar-refractivity contribution in [3.63, 3.8) is 0 Å². The largest absolute Gasteiger partial charge is 0.383 e. The van der Waals surface area contributed by atoms with Gasteiger partial charge >= 0.3 is 0 Å². The number of hydrogen-bond donors (Lipinski definition) is 1. The fraction of sp³-hybridized carbons (Fsp3) is 0.562. The zero-order chi connectivity index (χ0) is 15.1. The molecule has 1 fully saturated rings. The van der Waals surface area contributed by atoms with Crippen LogP contribution in [0.15, 0.2) is 30.3 Å². The lowest BCUT2D eigenvalue weighted by Gasteiger charge is -2.36. The fourth-order valence-electron chi connectivity index (χ4n) is 2.54. The predicted octanol–water partition coefficient (Wildman–Crippen LogP) is 1.71. The number of nitrogens with zero attached hydrogens (tertiary/aromatic N) is 2. The number of benzene rings is 1. The van der Waals surface area contributed by atoms with Crippen LogP contribution < -0.4 is 5.32 Å². The number of piperazine rings is 1. The second kappa shape index (κ2) is 8.32. The topological polar surface area (TPSA) is 27.7 Å². The molecule has 0 bridgehead atoms. The highest BCUT2D eigenvalue weighted by molar-refractivity contribution is 7.80. The first-order valence-electron chi connectivity index (χ1n) is 7.49. The van der Waals surface area contributed by atoms with Crippen molar-refractivity contribution in [1.29, 1.82) is 0 Å². The van der Waals surface area contributed by atoms with Crippen molar-refractivity contribution in [1.82, 2.24) is 15.1 Å². The molecule has 21 heavy (non-hydrogen) atoms. The molecule has 1 aliphatic rings. The van der Waals surface area contributed by atoms with E-state index in [0.717, 1.165) is 37.8 Å². The molecule has 1 unspecified atom stereocenters. The summed E-state index contributed by atoms with van der Waals surface area (Å²) in [6, 6.07) is 10.9. The van der Waals surface area contributed by atoms with Gasteiger partial charge in [0.2, 0.25) is 0 Å². The molecule has 1 aromatic rings. The first kappa shape index (κ1) is 16.2. The molecule has 116 valence electrons. The van der Waals surface area contributed by atoms with E-state index in [4.69, 9.17) is 17.0 Å². The maximum Gasteiger partial charge on any atom is 0.169 e. The van der Waals surface area contributed by atoms with Crippen LogP contribution in [0, 0.1) is 0 Å². The van der Waals surface area contributed by atoms with Gasteiger partial charge in [0.25, 0.3) is 0 Å². The molecule has 2 rings (SSSR count). The molecule has 0 saturated carbocycles. The number of rotatable bonds is 5. The number of methoxy groups -OCH3 is 1. The Morgan fingerprint density at radius 1 is 1.24 bits per heavy atom. The van der Waals surface area contributed by atoms with Crippen LogP contribution in [0.25, 0.3) is 0 Å². The van der Waals surface area contributed by atoms with Gasteiger partial charge in [-0.15, -0.1) is 0 Å². The van der Waals surface area contributed by atoms with Crippen LogP contribution in [-0.2, 0) is 11.3 Å². The molecule has 5 heteroatoms. The minimum atomic E-state index is 0.254. The van der Waals surface area contributed by atoms with Gasteiger partial charge < -0.3 is 15.0 Å². The first-order valence-corrected chi connectivity index (χ1v) is 7.90. The molecule has 4 nitrogen and oxygen atoms in total. The average molecular weight is 307 g/mol. The monoisotopic (exact) mass is 307 g/mol. The average Bonchev–Trinajstić information content (AvgIpc) is 2.49. The van der Waals surface area contributed by atoms with Crippen LogP contribution in [-0.4, -0.2) is 60.8 Å². The molecule has 0 aliphatic carbocycles. The first-order chi connectivity index (χ1) is 10.2. The maximum atomic E-state index is 5.47. The zero-order valence-electron chi connectivity index (χ0n) is 12.9. The third-order valence-corrected chi connectivity index (χ3v) is 4.07. The zero-order valence-corrected chi connectivity index (χ0v) is 13.7. The summed E-state index contributed by atoms with van der Waals surface area (Å²) in [5.74, 6) is 0. The lowest BCUT2D eigenvalue weighted by atomic mass is 10.2. The molecule has 1 saturated heterocycles. The molecule has 1 aliphatic heterocycles. The number of hydrogen-bond acceptors (Lipinski definition) is 3. The summed E-state index contributed by atoms with van der Waals surface area (Å²) in [7, 11) is 1.71. The van der Waals surface area contributed by atoms with Crippen molar-refractivity contribution in [3.05, 3.63) is 35.9 Å². The molecular formula is C16H25N3OS. The van der Waals surface area contributed by atoms with Crippen molar-refractivity contribution in [2.75, 3.05) is 39.9 Å². The van der Waals surface area contributed by atoms with E-state index < -0.39 is 0 Å². The van der Waals surface area contributed by atoms with Crippen LogP contribution in [0.3, 0.4) is 0 Å². The Morgan fingerprint density at radius 3 is 2.52 bits per heavy atom. The van der Waals surface area contributed by atoms with Crippen molar-refractivity contribution < 1.29 is 4.74 Å². The Balaban J connectivity index is 1.74. The fourth-order valence-corrected chi connectivity index (χ4v) is 2.93. The van der Waals surface area contributed by atoms with Crippen molar-refractivity contribution in [3.8, 4) is 0 Å². The van der Waals surface area contributed by atoms with Gasteiger partial charge in [0.1, 0.15) is 0 Å². The summed E-state index contributed by atoms with van der Waals surface area (Å²) < 4.78 is 5.13. The van der Waals surface area contributed by atoms with E-state index >= 15 is 0 Å². The van der Waals surface area contributed by atoms with Crippen LogP contribution in [0.4, 0.5) is 0 Å². The minimum Gasteiger partial charge on any atom is -0.383 e. The molecule has 1 aromatic carbocycles. The smallest absolute Gasteiger partial charge is 0.169 e. The Kier molecular flexibility index (Phi) is 6.42. The Bertz CT molecular complexity index is 432. The van der Waals surface area contributed by atoms with E-state index in [1.54, 1.807) is 7.11 Å². The molecule has 0 aromatic heterocycles. The van der Waals surface area contributed by atoms with Gasteiger partial charge in [0, 0.05) is 45.9 Å². The van der Waals surface area contributed by atoms with E-state index in [2.05, 4.69) is 52.4 Å². The van der Waals surface area contributed by atoms with Gasteiger partial charge in [-0.05, 0) is 24.7 Å². The molecule has 0 radical (unpaired) electrons. The van der Waals surface area contributed by atoms with Crippen LogP contribution >= 0.6 is 12.2 Å². The molecule has 1 atom stereocenters. The maximum absolute atomic E-state index is 5.47. The summed E-state index contributed by atoms with van der Waals surface area (Å²) in [5, 5.41) is 4.18. The van der Waals surface area contributed by atoms with Gasteiger partial charge in [-0.2, -0.15) is 0 Å². The highest BCUT2D eigenvalue weighted by Crippen LogP contribution is 2.08. The summed E-state index contributed by atoms with van der Waals surface area (Å²) in [6.45, 7) is 7.85. The van der Waals surface area contributed by atoms with Crippen LogP contribution in [0.2, 0.25) is 0 Å². The van der Waals surface area contributed by atoms with Gasteiger partial charge in [0.15, 0.2) is 5.11 Å². The Hall–Kier alpha value is -1.17. The summed E-state index contributed by atoms with van der Waals surface area (Å²) in [4.78, 5) is 4.73. The Labute approximate surface area is 133 Å². The van der Waals surface area contributed by atoms with Crippen molar-refractivity contribution >= 4 is 17.3 Å². The third-order valence-electron chi connectivity index (χ3n) is 3.70. The molecule has 1 heterocycles. The third kappa shape index (κ3) is 5.26. The van der Waals surface area contributed by atoms with E-state index in [9.17, 15) is 0 Å². The highest BCUT2D eigenvalue weighted by atomic mass is 32.1. The molecule has 1 N–H and O–H groups in total. The van der Waals surface area contributed by atoms with Gasteiger partial charge in [-0.1, -0.05) is 30.3 Å². The van der Waals surface area contributed by atoms with Gasteiger partial charge in [0.05, 0.1) is 6.61 Å². The summed E-state index contributed by atoms with van der Waals surface area (Å²) >= 11 is 5.47. The number of nitrogens with one attached hydrogen (secondary N) is 1.